The number of carbonyl (C=O) groups is 3. The minimum Gasteiger partial charge on any atom is -0.504 e. The van der Waals surface area contributed by atoms with Crippen LogP contribution in [0, 0.1) is 0 Å². The third-order valence-electron chi connectivity index (χ3n) is 4.41. The predicted molar refractivity (Wildman–Crippen MR) is 103 cm³/mol. The van der Waals surface area contributed by atoms with Crippen molar-refractivity contribution in [2.45, 2.75) is 13.0 Å². The van der Waals surface area contributed by atoms with Crippen molar-refractivity contribution in [3.8, 4) is 11.5 Å². The van der Waals surface area contributed by atoms with E-state index in [1.807, 2.05) is 0 Å². The quantitative estimate of drug-likeness (QED) is 0.493. The van der Waals surface area contributed by atoms with Gasteiger partial charge in [-0.3, -0.25) is 19.3 Å². The molecule has 3 rings (SSSR count). The van der Waals surface area contributed by atoms with Gasteiger partial charge in [-0.05, 0) is 29.8 Å². The zero-order valence-corrected chi connectivity index (χ0v) is 16.4. The molecule has 0 aromatic heterocycles. The fourth-order valence-electron chi connectivity index (χ4n) is 3.23. The van der Waals surface area contributed by atoms with Gasteiger partial charge in [-0.1, -0.05) is 12.1 Å². The van der Waals surface area contributed by atoms with Gasteiger partial charge in [0.2, 0.25) is 5.91 Å². The van der Waals surface area contributed by atoms with Crippen molar-refractivity contribution in [1.29, 1.82) is 0 Å². The van der Waals surface area contributed by atoms with Crippen molar-refractivity contribution in [1.82, 2.24) is 4.90 Å². The number of carbonyl (C=O) groups excluding carboxylic acids is 3. The first-order valence-corrected chi connectivity index (χ1v) is 10.5. The summed E-state index contributed by atoms with van der Waals surface area (Å²) in [7, 11) is -3.66. The van der Waals surface area contributed by atoms with Crippen LogP contribution in [0.15, 0.2) is 36.4 Å². The monoisotopic (exact) mass is 418 g/mol. The fourth-order valence-corrected chi connectivity index (χ4v) is 4.15. The maximum atomic E-state index is 13.1. The molecule has 3 N–H and O–H groups in total. The van der Waals surface area contributed by atoms with E-state index in [4.69, 9.17) is 0 Å². The number of benzene rings is 2. The molecule has 0 spiro atoms. The van der Waals surface area contributed by atoms with Gasteiger partial charge in [0.15, 0.2) is 11.5 Å². The lowest BCUT2D eigenvalue weighted by atomic mass is 10.1. The molecule has 0 aliphatic carbocycles. The molecular formula is C19H18N2O7S. The van der Waals surface area contributed by atoms with Crippen LogP contribution in [-0.2, 0) is 14.6 Å². The molecular weight excluding hydrogens is 400 g/mol. The van der Waals surface area contributed by atoms with Crippen LogP contribution in [-0.4, -0.2) is 53.3 Å². The first-order chi connectivity index (χ1) is 13.5. The topological polar surface area (TPSA) is 141 Å². The second-order valence-corrected chi connectivity index (χ2v) is 8.93. The maximum absolute atomic E-state index is 13.1. The molecule has 0 radical (unpaired) electrons. The van der Waals surface area contributed by atoms with Crippen molar-refractivity contribution in [3.05, 3.63) is 53.1 Å². The standard InChI is InChI=1S/C19H18N2O7S/c1-10(22)20-13-5-3-4-12-17(13)19(26)21(18(12)25)14(9-29(2,27)28)11-6-7-15(23)16(24)8-11/h3-8,14,23-24H,9H2,1-2H3,(H,20,22)/t14-/m0/s1. The number of phenols is 2. The van der Waals surface area contributed by atoms with Crippen molar-refractivity contribution in [3.63, 3.8) is 0 Å². The van der Waals surface area contributed by atoms with E-state index in [9.17, 15) is 33.0 Å². The van der Waals surface area contributed by atoms with Crippen molar-refractivity contribution >= 4 is 33.2 Å². The maximum Gasteiger partial charge on any atom is 0.264 e. The number of imide groups is 1. The molecule has 1 aliphatic rings. The van der Waals surface area contributed by atoms with Gasteiger partial charge >= 0.3 is 0 Å². The summed E-state index contributed by atoms with van der Waals surface area (Å²) in [6.07, 6.45) is 0.959. The predicted octanol–water partition coefficient (Wildman–Crippen LogP) is 1.44. The van der Waals surface area contributed by atoms with Crippen molar-refractivity contribution < 1.29 is 33.0 Å². The third-order valence-corrected chi connectivity index (χ3v) is 5.33. The molecule has 1 aliphatic heterocycles. The van der Waals surface area contributed by atoms with E-state index in [0.717, 1.165) is 23.3 Å². The Kier molecular flexibility index (Phi) is 5.05. The van der Waals surface area contributed by atoms with Gasteiger partial charge in [0.25, 0.3) is 11.8 Å². The molecule has 0 saturated carbocycles. The molecule has 2 aromatic carbocycles. The van der Waals surface area contributed by atoms with Crippen LogP contribution < -0.4 is 5.32 Å². The van der Waals surface area contributed by atoms with E-state index >= 15 is 0 Å². The van der Waals surface area contributed by atoms with E-state index in [-0.39, 0.29) is 22.4 Å². The number of hydrogen-bond acceptors (Lipinski definition) is 7. The molecule has 0 fully saturated rings. The molecule has 2 aromatic rings. The molecule has 29 heavy (non-hydrogen) atoms. The Labute approximate surface area is 166 Å². The zero-order valence-electron chi connectivity index (χ0n) is 15.5. The average molecular weight is 418 g/mol. The van der Waals surface area contributed by atoms with E-state index in [1.165, 1.54) is 31.2 Å². The Hall–Kier alpha value is -3.40. The van der Waals surface area contributed by atoms with Crippen LogP contribution in [0.4, 0.5) is 5.69 Å². The van der Waals surface area contributed by atoms with Crippen LogP contribution in [0.2, 0.25) is 0 Å². The van der Waals surface area contributed by atoms with Gasteiger partial charge < -0.3 is 15.5 Å². The van der Waals surface area contributed by atoms with Crippen LogP contribution >= 0.6 is 0 Å². The number of rotatable bonds is 5. The first kappa shape index (κ1) is 20.3. The summed E-state index contributed by atoms with van der Waals surface area (Å²) >= 11 is 0. The lowest BCUT2D eigenvalue weighted by Gasteiger charge is -2.26. The number of amides is 3. The number of hydrogen-bond donors (Lipinski definition) is 3. The number of aromatic hydroxyl groups is 2. The van der Waals surface area contributed by atoms with Gasteiger partial charge in [-0.15, -0.1) is 0 Å². The Morgan fingerprint density at radius 1 is 1.10 bits per heavy atom. The Bertz CT molecular complexity index is 1140. The van der Waals surface area contributed by atoms with Gasteiger partial charge in [-0.25, -0.2) is 8.42 Å². The van der Waals surface area contributed by atoms with Gasteiger partial charge in [-0.2, -0.15) is 0 Å². The van der Waals surface area contributed by atoms with Crippen LogP contribution in [0.5, 0.6) is 11.5 Å². The summed E-state index contributed by atoms with van der Waals surface area (Å²) in [6.45, 7) is 1.25. The minimum atomic E-state index is -3.66. The summed E-state index contributed by atoms with van der Waals surface area (Å²) in [5.41, 5.74) is 0.292. The normalized spacial score (nSPS) is 14.6. The van der Waals surface area contributed by atoms with E-state index in [1.54, 1.807) is 0 Å². The van der Waals surface area contributed by atoms with E-state index in [0.29, 0.717) is 0 Å². The fraction of sp³-hybridized carbons (Fsp3) is 0.211. The van der Waals surface area contributed by atoms with Crippen molar-refractivity contribution in [2.75, 3.05) is 17.3 Å². The van der Waals surface area contributed by atoms with E-state index in [2.05, 4.69) is 5.32 Å². The number of sulfone groups is 1. The Balaban J connectivity index is 2.13. The molecule has 0 unspecified atom stereocenters. The highest BCUT2D eigenvalue weighted by Crippen LogP contribution is 2.37. The van der Waals surface area contributed by atoms with Crippen molar-refractivity contribution in [2.24, 2.45) is 0 Å². The molecule has 0 bridgehead atoms. The summed E-state index contributed by atoms with van der Waals surface area (Å²) in [4.78, 5) is 38.3. The number of phenolic OH excluding ortho intramolecular Hbond substituents is 2. The smallest absolute Gasteiger partial charge is 0.264 e. The summed E-state index contributed by atoms with van der Waals surface area (Å²) in [5.74, 6) is -3.46. The highest BCUT2D eigenvalue weighted by molar-refractivity contribution is 7.90. The zero-order chi connectivity index (χ0) is 21.5. The second kappa shape index (κ2) is 7.21. The second-order valence-electron chi connectivity index (χ2n) is 6.75. The molecule has 10 heteroatoms. The highest BCUT2D eigenvalue weighted by Gasteiger charge is 2.43. The summed E-state index contributed by atoms with van der Waals surface area (Å²) < 4.78 is 24.0. The van der Waals surface area contributed by atoms with Gasteiger partial charge in [0.1, 0.15) is 9.84 Å². The van der Waals surface area contributed by atoms with Crippen LogP contribution in [0.1, 0.15) is 39.2 Å². The Morgan fingerprint density at radius 2 is 1.79 bits per heavy atom. The number of nitrogens with one attached hydrogen (secondary N) is 1. The Morgan fingerprint density at radius 3 is 2.38 bits per heavy atom. The molecule has 3 amide bonds. The first-order valence-electron chi connectivity index (χ1n) is 8.47. The molecule has 0 saturated heterocycles. The molecule has 152 valence electrons. The molecule has 1 heterocycles. The van der Waals surface area contributed by atoms with E-state index < -0.39 is 50.9 Å². The molecule has 1 atom stereocenters. The molecule has 9 nitrogen and oxygen atoms in total. The minimum absolute atomic E-state index is 0.0303. The lowest BCUT2D eigenvalue weighted by Crippen LogP contribution is -2.37. The SMILES string of the molecule is CC(=O)Nc1cccc2c1C(=O)N([C@@H](CS(C)(=O)=O)c1ccc(O)c(O)c1)C2=O. The van der Waals surface area contributed by atoms with Crippen LogP contribution in [0.25, 0.3) is 0 Å². The largest absolute Gasteiger partial charge is 0.504 e. The average Bonchev–Trinajstić information content (AvgIpc) is 2.86. The number of anilines is 1. The van der Waals surface area contributed by atoms with Crippen LogP contribution in [0.3, 0.4) is 0 Å². The number of fused-ring (bicyclic) bond motifs is 1. The lowest BCUT2D eigenvalue weighted by molar-refractivity contribution is -0.114. The summed E-state index contributed by atoms with van der Waals surface area (Å²) in [6, 6.07) is 6.69. The highest BCUT2D eigenvalue weighted by atomic mass is 32.2. The summed E-state index contributed by atoms with van der Waals surface area (Å²) in [5, 5.41) is 21.8. The third kappa shape index (κ3) is 3.92. The van der Waals surface area contributed by atoms with Gasteiger partial charge in [0, 0.05) is 13.2 Å². The number of nitrogens with zero attached hydrogens (tertiary/aromatic N) is 1. The van der Waals surface area contributed by atoms with Gasteiger partial charge in [0.05, 0.1) is 28.6 Å².